The van der Waals surface area contributed by atoms with Gasteiger partial charge in [0.05, 0.1) is 6.61 Å². The quantitative estimate of drug-likeness (QED) is 0.856. The molecule has 0 radical (unpaired) electrons. The number of ether oxygens (including phenoxy) is 1. The summed E-state index contributed by atoms with van der Waals surface area (Å²) in [5.74, 6) is -1.16. The minimum atomic E-state index is -0.539. The number of aliphatic imine (C=N–C) groups is 1. The number of benzene rings is 1. The van der Waals surface area contributed by atoms with Crippen molar-refractivity contribution in [1.29, 1.82) is 0 Å². The van der Waals surface area contributed by atoms with Gasteiger partial charge in [-0.3, -0.25) is 9.79 Å². The van der Waals surface area contributed by atoms with Crippen LogP contribution in [-0.4, -0.2) is 30.3 Å². The van der Waals surface area contributed by atoms with Crippen LogP contribution in [0.5, 0.6) is 0 Å². The first-order chi connectivity index (χ1) is 9.70. The lowest BCUT2D eigenvalue weighted by Gasteiger charge is -2.10. The average Bonchev–Trinajstić information content (AvgIpc) is 2.63. The number of esters is 1. The molecule has 1 atom stereocenters. The first kappa shape index (κ1) is 12.8. The molecular formula is C15H15FN2O2. The first-order valence-electron chi connectivity index (χ1n) is 6.67. The molecule has 0 amide bonds. The number of nitrogens with one attached hydrogen (secondary N) is 1. The Balaban J connectivity index is 2.14. The van der Waals surface area contributed by atoms with E-state index in [2.05, 4.69) is 9.98 Å². The second kappa shape index (κ2) is 5.07. The Labute approximate surface area is 115 Å². The van der Waals surface area contributed by atoms with Crippen molar-refractivity contribution < 1.29 is 13.9 Å². The maximum Gasteiger partial charge on any atom is 0.320 e. The van der Waals surface area contributed by atoms with Crippen molar-refractivity contribution in [2.24, 2.45) is 4.99 Å². The van der Waals surface area contributed by atoms with Crippen molar-refractivity contribution in [3.8, 4) is 0 Å². The number of nitrogens with zero attached hydrogens (tertiary/aromatic N) is 1. The van der Waals surface area contributed by atoms with Crippen LogP contribution in [0, 0.1) is 5.82 Å². The lowest BCUT2D eigenvalue weighted by atomic mass is 10.0. The van der Waals surface area contributed by atoms with Crippen LogP contribution in [0.1, 0.15) is 24.1 Å². The molecule has 0 saturated heterocycles. The molecule has 4 nitrogen and oxygen atoms in total. The predicted molar refractivity (Wildman–Crippen MR) is 74.7 cm³/mol. The fraction of sp³-hybridized carbons (Fsp3) is 0.333. The second-order valence-corrected chi connectivity index (χ2v) is 4.74. The van der Waals surface area contributed by atoms with Gasteiger partial charge in [0, 0.05) is 29.4 Å². The maximum absolute atomic E-state index is 13.3. The Morgan fingerprint density at radius 1 is 1.55 bits per heavy atom. The lowest BCUT2D eigenvalue weighted by Crippen LogP contribution is -2.18. The summed E-state index contributed by atoms with van der Waals surface area (Å²) in [5, 5.41) is 0.946. The summed E-state index contributed by atoms with van der Waals surface area (Å²) in [7, 11) is 0. The Bertz CT molecular complexity index is 690. The number of carbonyl (C=O) groups excluding carboxylic acids is 1. The van der Waals surface area contributed by atoms with Crippen LogP contribution in [0.3, 0.4) is 0 Å². The zero-order valence-corrected chi connectivity index (χ0v) is 11.1. The normalized spacial score (nSPS) is 17.8. The van der Waals surface area contributed by atoms with Gasteiger partial charge in [0.2, 0.25) is 0 Å². The second-order valence-electron chi connectivity index (χ2n) is 4.74. The van der Waals surface area contributed by atoms with Crippen LogP contribution >= 0.6 is 0 Å². The average molecular weight is 274 g/mol. The number of hydrogen-bond acceptors (Lipinski definition) is 3. The van der Waals surface area contributed by atoms with Gasteiger partial charge >= 0.3 is 5.97 Å². The van der Waals surface area contributed by atoms with Gasteiger partial charge in [-0.1, -0.05) is 0 Å². The van der Waals surface area contributed by atoms with Crippen molar-refractivity contribution in [3.63, 3.8) is 0 Å². The van der Waals surface area contributed by atoms with Gasteiger partial charge in [0.1, 0.15) is 11.7 Å². The molecule has 20 heavy (non-hydrogen) atoms. The molecule has 1 aliphatic rings. The van der Waals surface area contributed by atoms with E-state index in [4.69, 9.17) is 4.74 Å². The van der Waals surface area contributed by atoms with Crippen LogP contribution in [0.25, 0.3) is 10.9 Å². The molecule has 0 spiro atoms. The van der Waals surface area contributed by atoms with Crippen molar-refractivity contribution >= 4 is 23.1 Å². The highest BCUT2D eigenvalue weighted by Crippen LogP contribution is 2.30. The smallest absolute Gasteiger partial charge is 0.320 e. The molecule has 1 aliphatic heterocycles. The van der Waals surface area contributed by atoms with Gasteiger partial charge in [-0.15, -0.1) is 0 Å². The highest BCUT2D eigenvalue weighted by Gasteiger charge is 2.27. The standard InChI is InChI=1S/C15H15FN2O2/c1-2-20-15(19)12-8-17-6-5-11-10-4-3-9(16)7-13(10)18-14(11)12/h3-4,7-8,12,18H,2,5-6H2,1H3. The summed E-state index contributed by atoms with van der Waals surface area (Å²) < 4.78 is 18.4. The molecule has 0 bridgehead atoms. The fourth-order valence-corrected chi connectivity index (χ4v) is 2.63. The Morgan fingerprint density at radius 2 is 2.40 bits per heavy atom. The molecule has 1 unspecified atom stereocenters. The number of hydrogen-bond donors (Lipinski definition) is 1. The molecule has 2 heterocycles. The molecule has 0 aliphatic carbocycles. The van der Waals surface area contributed by atoms with Crippen LogP contribution in [0.4, 0.5) is 4.39 Å². The summed E-state index contributed by atoms with van der Waals surface area (Å²) >= 11 is 0. The monoisotopic (exact) mass is 274 g/mol. The molecule has 1 N–H and O–H groups in total. The summed E-state index contributed by atoms with van der Waals surface area (Å²) in [6, 6.07) is 4.62. The first-order valence-corrected chi connectivity index (χ1v) is 6.67. The molecular weight excluding hydrogens is 259 g/mol. The number of rotatable bonds is 2. The molecule has 0 saturated carbocycles. The van der Waals surface area contributed by atoms with E-state index >= 15 is 0 Å². The number of aromatic amines is 1. The lowest BCUT2D eigenvalue weighted by molar-refractivity contribution is -0.143. The van der Waals surface area contributed by atoms with Gasteiger partial charge in [-0.05, 0) is 37.1 Å². The largest absolute Gasteiger partial charge is 0.465 e. The predicted octanol–water partition coefficient (Wildman–Crippen LogP) is 2.58. The van der Waals surface area contributed by atoms with E-state index < -0.39 is 5.92 Å². The Morgan fingerprint density at radius 3 is 3.20 bits per heavy atom. The van der Waals surface area contributed by atoms with E-state index in [1.54, 1.807) is 19.2 Å². The number of halogens is 1. The van der Waals surface area contributed by atoms with E-state index in [0.717, 1.165) is 23.1 Å². The van der Waals surface area contributed by atoms with Crippen molar-refractivity contribution in [2.75, 3.05) is 13.2 Å². The summed E-state index contributed by atoms with van der Waals surface area (Å²) in [4.78, 5) is 19.5. The molecule has 1 aromatic carbocycles. The molecule has 1 aromatic heterocycles. The van der Waals surface area contributed by atoms with E-state index in [-0.39, 0.29) is 11.8 Å². The number of H-pyrrole nitrogens is 1. The van der Waals surface area contributed by atoms with Gasteiger partial charge in [-0.2, -0.15) is 0 Å². The minimum absolute atomic E-state index is 0.296. The Kier molecular flexibility index (Phi) is 3.26. The molecule has 104 valence electrons. The van der Waals surface area contributed by atoms with Crippen molar-refractivity contribution in [1.82, 2.24) is 4.98 Å². The van der Waals surface area contributed by atoms with Crippen molar-refractivity contribution in [3.05, 3.63) is 35.3 Å². The molecule has 5 heteroatoms. The number of carbonyl (C=O) groups is 1. The summed E-state index contributed by atoms with van der Waals surface area (Å²) in [5.41, 5.74) is 2.50. The highest BCUT2D eigenvalue weighted by atomic mass is 19.1. The van der Waals surface area contributed by atoms with E-state index in [0.29, 0.717) is 18.7 Å². The number of aromatic nitrogens is 1. The van der Waals surface area contributed by atoms with Crippen LogP contribution < -0.4 is 0 Å². The van der Waals surface area contributed by atoms with E-state index in [9.17, 15) is 9.18 Å². The van der Waals surface area contributed by atoms with Gasteiger partial charge in [0.25, 0.3) is 0 Å². The topological polar surface area (TPSA) is 54.4 Å². The zero-order chi connectivity index (χ0) is 14.1. The fourth-order valence-electron chi connectivity index (χ4n) is 2.63. The third-order valence-electron chi connectivity index (χ3n) is 3.50. The number of fused-ring (bicyclic) bond motifs is 3. The summed E-state index contributed by atoms with van der Waals surface area (Å²) in [6.07, 6.45) is 2.35. The van der Waals surface area contributed by atoms with Gasteiger partial charge < -0.3 is 9.72 Å². The van der Waals surface area contributed by atoms with Gasteiger partial charge in [-0.25, -0.2) is 4.39 Å². The van der Waals surface area contributed by atoms with Crippen LogP contribution in [-0.2, 0) is 16.0 Å². The van der Waals surface area contributed by atoms with Crippen LogP contribution in [0.15, 0.2) is 23.2 Å². The molecule has 0 fully saturated rings. The van der Waals surface area contributed by atoms with Gasteiger partial charge in [0.15, 0.2) is 0 Å². The van der Waals surface area contributed by atoms with Crippen molar-refractivity contribution in [2.45, 2.75) is 19.3 Å². The molecule has 2 aromatic rings. The van der Waals surface area contributed by atoms with E-state index in [1.807, 2.05) is 0 Å². The maximum atomic E-state index is 13.3. The van der Waals surface area contributed by atoms with E-state index in [1.165, 1.54) is 12.1 Å². The molecule has 3 rings (SSSR count). The Hall–Kier alpha value is -2.17. The summed E-state index contributed by atoms with van der Waals surface area (Å²) in [6.45, 7) is 2.72. The third kappa shape index (κ3) is 2.09. The highest BCUT2D eigenvalue weighted by molar-refractivity contribution is 5.99. The third-order valence-corrected chi connectivity index (χ3v) is 3.50. The minimum Gasteiger partial charge on any atom is -0.465 e. The SMILES string of the molecule is CCOC(=O)C1C=NCCc2c1[nH]c1cc(F)ccc21. The van der Waals surface area contributed by atoms with Crippen LogP contribution in [0.2, 0.25) is 0 Å². The zero-order valence-electron chi connectivity index (χ0n) is 11.1.